The predicted molar refractivity (Wildman–Crippen MR) is 77.8 cm³/mol. The van der Waals surface area contributed by atoms with Crippen LogP contribution in [-0.2, 0) is 4.79 Å². The Labute approximate surface area is 117 Å². The van der Waals surface area contributed by atoms with E-state index in [1.807, 2.05) is 0 Å². The van der Waals surface area contributed by atoms with Crippen LogP contribution in [-0.4, -0.2) is 54.0 Å². The summed E-state index contributed by atoms with van der Waals surface area (Å²) in [4.78, 5) is 17.1. The molecule has 4 heteroatoms. The molecule has 4 nitrogen and oxygen atoms in total. The minimum absolute atomic E-state index is 0.213. The molecule has 2 rings (SSSR count). The van der Waals surface area contributed by atoms with E-state index < -0.39 is 0 Å². The van der Waals surface area contributed by atoms with Gasteiger partial charge in [0, 0.05) is 44.2 Å². The van der Waals surface area contributed by atoms with Crippen LogP contribution >= 0.6 is 0 Å². The Morgan fingerprint density at radius 3 is 2.32 bits per heavy atom. The monoisotopic (exact) mass is 267 g/mol. The molecule has 1 saturated heterocycles. The fourth-order valence-corrected chi connectivity index (χ4v) is 3.50. The number of nitrogens with zero attached hydrogens (tertiary/aromatic N) is 2. The number of piperazine rings is 1. The van der Waals surface area contributed by atoms with E-state index in [2.05, 4.69) is 30.6 Å². The molecule has 0 bridgehead atoms. The molecule has 1 aliphatic carbocycles. The summed E-state index contributed by atoms with van der Waals surface area (Å²) in [6, 6.07) is 0.890. The Bertz CT molecular complexity index is 311. The van der Waals surface area contributed by atoms with E-state index in [-0.39, 0.29) is 5.92 Å². The molecule has 0 radical (unpaired) electrons. The fraction of sp³-hybridized carbons (Fsp3) is 0.933. The average Bonchev–Trinajstić information content (AvgIpc) is 2.38. The summed E-state index contributed by atoms with van der Waals surface area (Å²) >= 11 is 0. The van der Waals surface area contributed by atoms with Crippen LogP contribution in [0.4, 0.5) is 0 Å². The summed E-state index contributed by atoms with van der Waals surface area (Å²) < 4.78 is 0. The maximum Gasteiger partial charge on any atom is 0.226 e. The highest BCUT2D eigenvalue weighted by atomic mass is 16.2. The van der Waals surface area contributed by atoms with Crippen LogP contribution in [0.15, 0.2) is 0 Å². The number of carbonyl (C=O) groups excluding carboxylic acids is 1. The standard InChI is InChI=1S/C15H29N3O/c1-11(2)17-6-8-18(9-7-17)15(19)14-5-4-13(16)10-12(14)3/h11-14H,4-10,16H2,1-3H3. The number of hydrogen-bond acceptors (Lipinski definition) is 3. The third kappa shape index (κ3) is 3.48. The van der Waals surface area contributed by atoms with Crippen LogP contribution in [0.2, 0.25) is 0 Å². The zero-order chi connectivity index (χ0) is 14.0. The van der Waals surface area contributed by atoms with Crippen LogP contribution in [0.3, 0.4) is 0 Å². The lowest BCUT2D eigenvalue weighted by atomic mass is 9.77. The third-order valence-electron chi connectivity index (χ3n) is 4.88. The van der Waals surface area contributed by atoms with E-state index in [1.54, 1.807) is 0 Å². The smallest absolute Gasteiger partial charge is 0.226 e. The SMILES string of the molecule is CC1CC(N)CCC1C(=O)N1CCN(C(C)C)CC1. The molecule has 0 aromatic heterocycles. The lowest BCUT2D eigenvalue weighted by Crippen LogP contribution is -2.53. The topological polar surface area (TPSA) is 49.6 Å². The van der Waals surface area contributed by atoms with Crippen LogP contribution in [0.1, 0.15) is 40.0 Å². The maximum atomic E-state index is 12.6. The zero-order valence-electron chi connectivity index (χ0n) is 12.6. The number of rotatable bonds is 2. The van der Waals surface area contributed by atoms with Crippen molar-refractivity contribution in [3.05, 3.63) is 0 Å². The number of hydrogen-bond donors (Lipinski definition) is 1. The Kier molecular flexibility index (Phi) is 4.85. The van der Waals surface area contributed by atoms with Gasteiger partial charge < -0.3 is 10.6 Å². The highest BCUT2D eigenvalue weighted by Crippen LogP contribution is 2.30. The van der Waals surface area contributed by atoms with E-state index in [0.29, 0.717) is 23.9 Å². The minimum Gasteiger partial charge on any atom is -0.340 e. The highest BCUT2D eigenvalue weighted by molar-refractivity contribution is 5.79. The van der Waals surface area contributed by atoms with Gasteiger partial charge in [-0.2, -0.15) is 0 Å². The molecule has 3 atom stereocenters. The summed E-state index contributed by atoms with van der Waals surface area (Å²) in [6.45, 7) is 10.5. The van der Waals surface area contributed by atoms with Gasteiger partial charge in [0.1, 0.15) is 0 Å². The predicted octanol–water partition coefficient (Wildman–Crippen LogP) is 1.30. The lowest BCUT2D eigenvalue weighted by molar-refractivity contribution is -0.140. The summed E-state index contributed by atoms with van der Waals surface area (Å²) in [5.41, 5.74) is 5.99. The van der Waals surface area contributed by atoms with E-state index in [9.17, 15) is 4.79 Å². The zero-order valence-corrected chi connectivity index (χ0v) is 12.6. The van der Waals surface area contributed by atoms with Gasteiger partial charge in [-0.3, -0.25) is 9.69 Å². The molecule has 2 N–H and O–H groups in total. The molecule has 19 heavy (non-hydrogen) atoms. The first kappa shape index (κ1) is 14.8. The van der Waals surface area contributed by atoms with Crippen molar-refractivity contribution in [3.63, 3.8) is 0 Å². The molecule has 0 aromatic rings. The van der Waals surface area contributed by atoms with Gasteiger partial charge in [-0.15, -0.1) is 0 Å². The van der Waals surface area contributed by atoms with Gasteiger partial charge in [0.25, 0.3) is 0 Å². The molecule has 1 heterocycles. The molecule has 1 aliphatic heterocycles. The summed E-state index contributed by atoms with van der Waals surface area (Å²) in [5.74, 6) is 1.03. The minimum atomic E-state index is 0.213. The summed E-state index contributed by atoms with van der Waals surface area (Å²) in [7, 11) is 0. The van der Waals surface area contributed by atoms with E-state index >= 15 is 0 Å². The molecule has 1 amide bonds. The van der Waals surface area contributed by atoms with Gasteiger partial charge in [0.05, 0.1) is 0 Å². The lowest BCUT2D eigenvalue weighted by Gasteiger charge is -2.40. The van der Waals surface area contributed by atoms with Crippen molar-refractivity contribution in [3.8, 4) is 0 Å². The van der Waals surface area contributed by atoms with Gasteiger partial charge >= 0.3 is 0 Å². The van der Waals surface area contributed by atoms with Crippen molar-refractivity contribution in [1.29, 1.82) is 0 Å². The van der Waals surface area contributed by atoms with Crippen molar-refractivity contribution in [1.82, 2.24) is 9.80 Å². The quantitative estimate of drug-likeness (QED) is 0.820. The van der Waals surface area contributed by atoms with Crippen molar-refractivity contribution in [2.75, 3.05) is 26.2 Å². The van der Waals surface area contributed by atoms with Crippen LogP contribution in [0, 0.1) is 11.8 Å². The summed E-state index contributed by atoms with van der Waals surface area (Å²) in [6.07, 6.45) is 2.99. The average molecular weight is 267 g/mol. The van der Waals surface area contributed by atoms with E-state index in [0.717, 1.165) is 45.4 Å². The van der Waals surface area contributed by atoms with Crippen molar-refractivity contribution >= 4 is 5.91 Å². The first-order chi connectivity index (χ1) is 8.99. The number of nitrogens with two attached hydrogens (primary N) is 1. The van der Waals surface area contributed by atoms with Gasteiger partial charge in [-0.25, -0.2) is 0 Å². The van der Waals surface area contributed by atoms with Crippen molar-refractivity contribution < 1.29 is 4.79 Å². The largest absolute Gasteiger partial charge is 0.340 e. The highest BCUT2D eigenvalue weighted by Gasteiger charge is 2.34. The normalized spacial score (nSPS) is 33.7. The number of carbonyl (C=O) groups is 1. The maximum absolute atomic E-state index is 12.6. The van der Waals surface area contributed by atoms with Crippen LogP contribution < -0.4 is 5.73 Å². The molecule has 0 aromatic carbocycles. The molecule has 3 unspecified atom stereocenters. The Balaban J connectivity index is 1.87. The van der Waals surface area contributed by atoms with Gasteiger partial charge in [-0.05, 0) is 39.0 Å². The van der Waals surface area contributed by atoms with Gasteiger partial charge in [0.15, 0.2) is 0 Å². The molecule has 0 spiro atoms. The first-order valence-electron chi connectivity index (χ1n) is 7.77. The molecule has 1 saturated carbocycles. The van der Waals surface area contributed by atoms with Crippen molar-refractivity contribution in [2.24, 2.45) is 17.6 Å². The van der Waals surface area contributed by atoms with Gasteiger partial charge in [-0.1, -0.05) is 6.92 Å². The first-order valence-corrected chi connectivity index (χ1v) is 7.77. The van der Waals surface area contributed by atoms with Crippen molar-refractivity contribution in [2.45, 2.75) is 52.1 Å². The molecular formula is C15H29N3O. The second-order valence-corrected chi connectivity index (χ2v) is 6.61. The molecule has 110 valence electrons. The third-order valence-corrected chi connectivity index (χ3v) is 4.88. The van der Waals surface area contributed by atoms with Gasteiger partial charge in [0.2, 0.25) is 5.91 Å². The second-order valence-electron chi connectivity index (χ2n) is 6.61. The second kappa shape index (κ2) is 6.23. The fourth-order valence-electron chi connectivity index (χ4n) is 3.50. The Morgan fingerprint density at radius 1 is 1.16 bits per heavy atom. The molecular weight excluding hydrogens is 238 g/mol. The Morgan fingerprint density at radius 2 is 1.79 bits per heavy atom. The van der Waals surface area contributed by atoms with E-state index in [4.69, 9.17) is 5.73 Å². The van der Waals surface area contributed by atoms with E-state index in [1.165, 1.54) is 0 Å². The Hall–Kier alpha value is -0.610. The number of amides is 1. The van der Waals surface area contributed by atoms with Crippen LogP contribution in [0.25, 0.3) is 0 Å². The molecule has 2 aliphatic rings. The summed E-state index contributed by atoms with van der Waals surface area (Å²) in [5, 5.41) is 0. The molecule has 2 fully saturated rings. The van der Waals surface area contributed by atoms with Crippen LogP contribution in [0.5, 0.6) is 0 Å².